The van der Waals surface area contributed by atoms with Crippen molar-refractivity contribution >= 4 is 33.0 Å². The van der Waals surface area contributed by atoms with Gasteiger partial charge in [-0.3, -0.25) is 0 Å². The number of nitriles is 3. The van der Waals surface area contributed by atoms with E-state index in [4.69, 9.17) is 19.4 Å². The third kappa shape index (κ3) is 3.06. The van der Waals surface area contributed by atoms with Crippen molar-refractivity contribution in [1.82, 2.24) is 4.98 Å². The molecule has 2 heterocycles. The lowest BCUT2D eigenvalue weighted by molar-refractivity contribution is 0.620. The number of oxazole rings is 1. The van der Waals surface area contributed by atoms with Crippen LogP contribution < -0.4 is 0 Å². The van der Waals surface area contributed by atoms with E-state index in [1.165, 1.54) is 0 Å². The Hall–Kier alpha value is -5.38. The second-order valence-corrected chi connectivity index (χ2v) is 7.86. The summed E-state index contributed by atoms with van der Waals surface area (Å²) in [5.74, 6) is 0.372. The summed E-state index contributed by atoms with van der Waals surface area (Å²) in [6.45, 7) is 0. The van der Waals surface area contributed by atoms with E-state index in [1.54, 1.807) is 42.5 Å². The van der Waals surface area contributed by atoms with Gasteiger partial charge in [0.15, 0.2) is 5.58 Å². The molecular weight excluding hydrogens is 424 g/mol. The number of rotatable bonds is 2. The second kappa shape index (κ2) is 7.35. The van der Waals surface area contributed by atoms with Gasteiger partial charge >= 0.3 is 0 Å². The Morgan fingerprint density at radius 1 is 0.529 bits per heavy atom. The average Bonchev–Trinajstić information content (AvgIpc) is 3.48. The molecule has 6 aromatic rings. The van der Waals surface area contributed by atoms with Gasteiger partial charge in [-0.25, -0.2) is 4.98 Å². The molecule has 0 aliphatic heterocycles. The zero-order valence-electron chi connectivity index (χ0n) is 17.5. The Balaban J connectivity index is 1.49. The molecule has 0 N–H and O–H groups in total. The van der Waals surface area contributed by atoms with Gasteiger partial charge in [-0.15, -0.1) is 0 Å². The van der Waals surface area contributed by atoms with Crippen molar-refractivity contribution < 1.29 is 8.83 Å². The maximum Gasteiger partial charge on any atom is 0.227 e. The molecule has 34 heavy (non-hydrogen) atoms. The van der Waals surface area contributed by atoms with Gasteiger partial charge in [-0.2, -0.15) is 15.8 Å². The van der Waals surface area contributed by atoms with Crippen LogP contribution in [0.3, 0.4) is 0 Å². The molecule has 0 aliphatic rings. The molecule has 0 fully saturated rings. The van der Waals surface area contributed by atoms with Crippen molar-refractivity contribution in [2.24, 2.45) is 0 Å². The molecule has 0 saturated heterocycles. The van der Waals surface area contributed by atoms with Gasteiger partial charge < -0.3 is 8.83 Å². The number of aromatic nitrogens is 1. The lowest BCUT2D eigenvalue weighted by Gasteiger charge is -2.05. The van der Waals surface area contributed by atoms with Gasteiger partial charge in [0.1, 0.15) is 16.7 Å². The fourth-order valence-corrected chi connectivity index (χ4v) is 4.13. The van der Waals surface area contributed by atoms with Crippen LogP contribution in [0.4, 0.5) is 0 Å². The first-order chi connectivity index (χ1) is 16.6. The van der Waals surface area contributed by atoms with Gasteiger partial charge in [-0.1, -0.05) is 6.07 Å². The van der Waals surface area contributed by atoms with Crippen LogP contribution in [0.25, 0.3) is 55.6 Å². The van der Waals surface area contributed by atoms with Crippen LogP contribution in [0.15, 0.2) is 81.6 Å². The minimum absolute atomic E-state index is 0.372. The minimum atomic E-state index is 0.372. The fourth-order valence-electron chi connectivity index (χ4n) is 4.13. The predicted molar refractivity (Wildman–Crippen MR) is 126 cm³/mol. The number of benzene rings is 4. The number of hydrogen-bond acceptors (Lipinski definition) is 6. The molecule has 0 aliphatic carbocycles. The molecule has 0 radical (unpaired) electrons. The minimum Gasteiger partial charge on any atom is -0.456 e. The summed E-state index contributed by atoms with van der Waals surface area (Å²) >= 11 is 0. The van der Waals surface area contributed by atoms with Crippen LogP contribution in [0, 0.1) is 34.0 Å². The van der Waals surface area contributed by atoms with Crippen molar-refractivity contribution in [2.75, 3.05) is 0 Å². The molecule has 0 saturated carbocycles. The average molecular weight is 436 g/mol. The number of furan rings is 1. The maximum atomic E-state index is 9.62. The highest BCUT2D eigenvalue weighted by Crippen LogP contribution is 2.35. The molecule has 0 spiro atoms. The summed E-state index contributed by atoms with van der Waals surface area (Å²) in [7, 11) is 0. The third-order valence-electron chi connectivity index (χ3n) is 5.76. The first-order valence-electron chi connectivity index (χ1n) is 10.4. The second-order valence-electron chi connectivity index (χ2n) is 7.86. The zero-order chi connectivity index (χ0) is 23.2. The monoisotopic (exact) mass is 436 g/mol. The fraction of sp³-hybridized carbons (Fsp3) is 0. The Morgan fingerprint density at radius 3 is 1.94 bits per heavy atom. The first kappa shape index (κ1) is 19.3. The molecule has 156 valence electrons. The summed E-state index contributed by atoms with van der Waals surface area (Å²) < 4.78 is 11.9. The SMILES string of the molecule is N#Cc1cc(-c2ccc3c(c2)oc2cc(C#N)ccc23)cc(-c2nc3ccc(C#N)cc3o2)c1. The molecule has 4 aromatic carbocycles. The highest BCUT2D eigenvalue weighted by atomic mass is 16.3. The van der Waals surface area contributed by atoms with Crippen molar-refractivity contribution in [1.29, 1.82) is 15.8 Å². The summed E-state index contributed by atoms with van der Waals surface area (Å²) in [6.07, 6.45) is 0. The molecule has 0 atom stereocenters. The molecule has 6 heteroatoms. The Labute approximate surface area is 193 Å². The normalized spacial score (nSPS) is 10.9. The standard InChI is InChI=1S/C28H12N4O2/c29-13-16-1-4-22-23-5-3-19(12-26(23)33-25(22)9-16)20-7-18(15-31)8-21(11-20)28-32-24-6-2-17(14-30)10-27(24)34-28/h1-12H. The van der Waals surface area contributed by atoms with Crippen LogP contribution in [-0.4, -0.2) is 4.98 Å². The zero-order valence-corrected chi connectivity index (χ0v) is 17.5. The lowest BCUT2D eigenvalue weighted by atomic mass is 9.99. The van der Waals surface area contributed by atoms with E-state index in [0.717, 1.165) is 21.9 Å². The lowest BCUT2D eigenvalue weighted by Crippen LogP contribution is -1.85. The summed E-state index contributed by atoms with van der Waals surface area (Å²) in [5.41, 5.74) is 6.33. The smallest absolute Gasteiger partial charge is 0.227 e. The Kier molecular flexibility index (Phi) is 4.17. The molecular formula is C28H12N4O2. The summed E-state index contributed by atoms with van der Waals surface area (Å²) in [4.78, 5) is 4.53. The van der Waals surface area contributed by atoms with Crippen molar-refractivity contribution in [3.8, 4) is 40.8 Å². The van der Waals surface area contributed by atoms with E-state index in [9.17, 15) is 5.26 Å². The highest BCUT2D eigenvalue weighted by Gasteiger charge is 2.14. The van der Waals surface area contributed by atoms with Crippen LogP contribution >= 0.6 is 0 Å². The van der Waals surface area contributed by atoms with Crippen LogP contribution in [0.5, 0.6) is 0 Å². The molecule has 6 rings (SSSR count). The van der Waals surface area contributed by atoms with E-state index in [2.05, 4.69) is 23.2 Å². The highest BCUT2D eigenvalue weighted by molar-refractivity contribution is 6.06. The van der Waals surface area contributed by atoms with Gasteiger partial charge in [0.05, 0.1) is 34.9 Å². The van der Waals surface area contributed by atoms with Gasteiger partial charge in [0, 0.05) is 22.4 Å². The summed E-state index contributed by atoms with van der Waals surface area (Å²) in [5, 5.41) is 29.8. The maximum absolute atomic E-state index is 9.62. The van der Waals surface area contributed by atoms with Gasteiger partial charge in [0.2, 0.25) is 5.89 Å². The summed E-state index contributed by atoms with van der Waals surface area (Å²) in [6, 6.07) is 28.2. The largest absolute Gasteiger partial charge is 0.456 e. The molecule has 0 amide bonds. The number of hydrogen-bond donors (Lipinski definition) is 0. The molecule has 6 nitrogen and oxygen atoms in total. The van der Waals surface area contributed by atoms with Crippen LogP contribution in [0.2, 0.25) is 0 Å². The quantitative estimate of drug-likeness (QED) is 0.299. The van der Waals surface area contributed by atoms with E-state index in [0.29, 0.717) is 50.4 Å². The van der Waals surface area contributed by atoms with E-state index in [1.807, 2.05) is 30.3 Å². The number of nitrogens with zero attached hydrogens (tertiary/aromatic N) is 4. The van der Waals surface area contributed by atoms with E-state index >= 15 is 0 Å². The van der Waals surface area contributed by atoms with Crippen LogP contribution in [-0.2, 0) is 0 Å². The van der Waals surface area contributed by atoms with Crippen molar-refractivity contribution in [2.45, 2.75) is 0 Å². The first-order valence-corrected chi connectivity index (χ1v) is 10.4. The Morgan fingerprint density at radius 2 is 1.18 bits per heavy atom. The van der Waals surface area contributed by atoms with Crippen molar-refractivity contribution in [3.63, 3.8) is 0 Å². The number of fused-ring (bicyclic) bond motifs is 4. The van der Waals surface area contributed by atoms with Gasteiger partial charge in [-0.05, 0) is 71.8 Å². The molecule has 2 aromatic heterocycles. The van der Waals surface area contributed by atoms with Crippen LogP contribution in [0.1, 0.15) is 16.7 Å². The van der Waals surface area contributed by atoms with Gasteiger partial charge in [0.25, 0.3) is 0 Å². The van der Waals surface area contributed by atoms with E-state index < -0.39 is 0 Å². The predicted octanol–water partition coefficient (Wildman–Crippen LogP) is 6.68. The van der Waals surface area contributed by atoms with E-state index in [-0.39, 0.29) is 0 Å². The third-order valence-corrected chi connectivity index (χ3v) is 5.76. The Bertz CT molecular complexity index is 1910. The molecule has 0 unspecified atom stereocenters. The van der Waals surface area contributed by atoms with Crippen molar-refractivity contribution in [3.05, 3.63) is 89.5 Å². The molecule has 0 bridgehead atoms. The topological polar surface area (TPSA) is 111 Å².